The zero-order valence-corrected chi connectivity index (χ0v) is 13.0. The number of aromatic nitrogens is 1. The third kappa shape index (κ3) is 2.64. The number of hydrogen-bond donors (Lipinski definition) is 1. The molecule has 3 rings (SSSR count). The molecule has 1 heterocycles. The lowest BCUT2D eigenvalue weighted by Crippen LogP contribution is -2.22. The second-order valence-electron chi connectivity index (χ2n) is 4.76. The lowest BCUT2D eigenvalue weighted by atomic mass is 9.98. The Morgan fingerprint density at radius 3 is 2.67 bits per heavy atom. The molecule has 2 aromatic carbocycles. The maximum Gasteiger partial charge on any atom is 0.126 e. The summed E-state index contributed by atoms with van der Waals surface area (Å²) in [4.78, 5) is 4.49. The Morgan fingerprint density at radius 1 is 1.19 bits per heavy atom. The number of ether oxygens (including phenoxy) is 1. The minimum Gasteiger partial charge on any atom is -0.496 e. The van der Waals surface area contributed by atoms with Gasteiger partial charge in [-0.1, -0.05) is 37.3 Å². The monoisotopic (exact) mass is 298 g/mol. The Morgan fingerprint density at radius 2 is 2.00 bits per heavy atom. The average Bonchev–Trinajstić information content (AvgIpc) is 3.06. The first-order chi connectivity index (χ1) is 10.3. The quantitative estimate of drug-likeness (QED) is 0.773. The summed E-state index contributed by atoms with van der Waals surface area (Å²) in [6.07, 6.45) is 1.86. The van der Waals surface area contributed by atoms with Gasteiger partial charge in [0.05, 0.1) is 13.2 Å². The molecule has 0 fully saturated rings. The predicted octanol–water partition coefficient (Wildman–Crippen LogP) is 4.00. The molecule has 1 atom stereocenters. The zero-order valence-electron chi connectivity index (χ0n) is 12.2. The molecule has 0 spiro atoms. The first kappa shape index (κ1) is 14.0. The van der Waals surface area contributed by atoms with E-state index in [2.05, 4.69) is 41.5 Å². The molecule has 4 heteroatoms. The molecule has 0 aliphatic carbocycles. The van der Waals surface area contributed by atoms with Crippen molar-refractivity contribution in [1.82, 2.24) is 10.3 Å². The van der Waals surface area contributed by atoms with Gasteiger partial charge in [-0.2, -0.15) is 0 Å². The van der Waals surface area contributed by atoms with Crippen molar-refractivity contribution >= 4 is 22.1 Å². The normalized spacial score (nSPS) is 12.5. The van der Waals surface area contributed by atoms with Gasteiger partial charge in [0.2, 0.25) is 0 Å². The van der Waals surface area contributed by atoms with Crippen LogP contribution in [0.2, 0.25) is 0 Å². The Hall–Kier alpha value is -1.91. The van der Waals surface area contributed by atoms with Gasteiger partial charge in [0.25, 0.3) is 0 Å². The second kappa shape index (κ2) is 6.24. The van der Waals surface area contributed by atoms with Gasteiger partial charge in [0, 0.05) is 17.0 Å². The van der Waals surface area contributed by atoms with Crippen molar-refractivity contribution in [3.05, 3.63) is 58.5 Å². The van der Waals surface area contributed by atoms with Crippen LogP contribution in [0.4, 0.5) is 0 Å². The summed E-state index contributed by atoms with van der Waals surface area (Å²) in [6.45, 7) is 3.01. The van der Waals surface area contributed by atoms with Crippen LogP contribution in [0.15, 0.2) is 48.0 Å². The van der Waals surface area contributed by atoms with Crippen molar-refractivity contribution < 1.29 is 4.74 Å². The maximum atomic E-state index is 5.48. The average molecular weight is 298 g/mol. The van der Waals surface area contributed by atoms with Crippen molar-refractivity contribution in [2.75, 3.05) is 13.7 Å². The molecule has 0 bridgehead atoms. The molecule has 3 aromatic rings. The first-order valence-electron chi connectivity index (χ1n) is 7.03. The topological polar surface area (TPSA) is 34.2 Å². The van der Waals surface area contributed by atoms with Crippen LogP contribution in [0.1, 0.15) is 23.5 Å². The minimum atomic E-state index is 0.116. The summed E-state index contributed by atoms with van der Waals surface area (Å²) < 4.78 is 5.48. The smallest absolute Gasteiger partial charge is 0.126 e. The van der Waals surface area contributed by atoms with Gasteiger partial charge in [-0.3, -0.25) is 0 Å². The lowest BCUT2D eigenvalue weighted by molar-refractivity contribution is 0.419. The summed E-state index contributed by atoms with van der Waals surface area (Å²) in [5.74, 6) is 0.906. The third-order valence-electron chi connectivity index (χ3n) is 3.56. The van der Waals surface area contributed by atoms with E-state index in [4.69, 9.17) is 4.74 Å². The van der Waals surface area contributed by atoms with Crippen molar-refractivity contribution in [2.24, 2.45) is 0 Å². The molecule has 108 valence electrons. The van der Waals surface area contributed by atoms with Crippen LogP contribution in [0.25, 0.3) is 10.8 Å². The Bertz CT molecular complexity index is 725. The fourth-order valence-electron chi connectivity index (χ4n) is 2.64. The molecule has 0 radical (unpaired) electrons. The summed E-state index contributed by atoms with van der Waals surface area (Å²) >= 11 is 1.68. The molecule has 0 aliphatic rings. The highest BCUT2D eigenvalue weighted by molar-refractivity contribution is 7.09. The zero-order chi connectivity index (χ0) is 14.7. The van der Waals surface area contributed by atoms with E-state index >= 15 is 0 Å². The Kier molecular flexibility index (Phi) is 4.18. The Balaban J connectivity index is 2.18. The van der Waals surface area contributed by atoms with E-state index < -0.39 is 0 Å². The van der Waals surface area contributed by atoms with Gasteiger partial charge in [0.15, 0.2) is 0 Å². The number of hydrogen-bond acceptors (Lipinski definition) is 4. The molecule has 0 saturated carbocycles. The standard InChI is InChI=1S/C17H18N2OS/c1-3-18-16(17-19-10-11-21-17)14-8-9-15(20-2)13-7-5-4-6-12(13)14/h4-11,16,18H,3H2,1-2H3. The molecule has 0 saturated heterocycles. The minimum absolute atomic E-state index is 0.116. The van der Waals surface area contributed by atoms with Crippen molar-refractivity contribution in [1.29, 1.82) is 0 Å². The number of nitrogens with zero attached hydrogens (tertiary/aromatic N) is 1. The van der Waals surface area contributed by atoms with Crippen LogP contribution in [0.5, 0.6) is 5.75 Å². The van der Waals surface area contributed by atoms with Crippen molar-refractivity contribution in [3.63, 3.8) is 0 Å². The second-order valence-corrected chi connectivity index (χ2v) is 5.69. The molecule has 1 aromatic heterocycles. The number of benzene rings is 2. The molecule has 1 unspecified atom stereocenters. The van der Waals surface area contributed by atoms with E-state index in [1.54, 1.807) is 18.4 Å². The molecule has 3 nitrogen and oxygen atoms in total. The molecular formula is C17H18N2OS. The van der Waals surface area contributed by atoms with Gasteiger partial charge in [-0.15, -0.1) is 11.3 Å². The largest absolute Gasteiger partial charge is 0.496 e. The molecule has 21 heavy (non-hydrogen) atoms. The van der Waals surface area contributed by atoms with Crippen LogP contribution in [0, 0.1) is 0 Å². The maximum absolute atomic E-state index is 5.48. The van der Waals surface area contributed by atoms with Crippen LogP contribution < -0.4 is 10.1 Å². The van der Waals surface area contributed by atoms with Gasteiger partial charge in [-0.25, -0.2) is 4.98 Å². The van der Waals surface area contributed by atoms with E-state index in [9.17, 15) is 0 Å². The Labute approximate surface area is 128 Å². The van der Waals surface area contributed by atoms with Crippen LogP contribution in [-0.2, 0) is 0 Å². The van der Waals surface area contributed by atoms with Crippen LogP contribution in [-0.4, -0.2) is 18.6 Å². The lowest BCUT2D eigenvalue weighted by Gasteiger charge is -2.19. The van der Waals surface area contributed by atoms with E-state index in [0.717, 1.165) is 22.7 Å². The van der Waals surface area contributed by atoms with Gasteiger partial charge >= 0.3 is 0 Å². The van der Waals surface area contributed by atoms with Crippen LogP contribution in [0.3, 0.4) is 0 Å². The van der Waals surface area contributed by atoms with E-state index in [0.29, 0.717) is 0 Å². The third-order valence-corrected chi connectivity index (χ3v) is 4.40. The van der Waals surface area contributed by atoms with Gasteiger partial charge < -0.3 is 10.1 Å². The molecule has 0 aliphatic heterocycles. The summed E-state index contributed by atoms with van der Waals surface area (Å²) in [6, 6.07) is 12.6. The van der Waals surface area contributed by atoms with Crippen LogP contribution >= 0.6 is 11.3 Å². The first-order valence-corrected chi connectivity index (χ1v) is 7.91. The summed E-state index contributed by atoms with van der Waals surface area (Å²) in [5.41, 5.74) is 1.24. The highest BCUT2D eigenvalue weighted by atomic mass is 32.1. The highest BCUT2D eigenvalue weighted by Gasteiger charge is 2.19. The number of nitrogens with one attached hydrogen (secondary N) is 1. The number of fused-ring (bicyclic) bond motifs is 1. The van der Waals surface area contributed by atoms with Gasteiger partial charge in [0.1, 0.15) is 10.8 Å². The summed E-state index contributed by atoms with van der Waals surface area (Å²) in [7, 11) is 1.71. The molecular weight excluding hydrogens is 280 g/mol. The predicted molar refractivity (Wildman–Crippen MR) is 88.1 cm³/mol. The van der Waals surface area contributed by atoms with Crippen molar-refractivity contribution in [2.45, 2.75) is 13.0 Å². The van der Waals surface area contributed by atoms with Gasteiger partial charge in [-0.05, 0) is 23.6 Å². The summed E-state index contributed by atoms with van der Waals surface area (Å²) in [5, 5.41) is 8.99. The van der Waals surface area contributed by atoms with Crippen molar-refractivity contribution in [3.8, 4) is 5.75 Å². The van der Waals surface area contributed by atoms with E-state index in [-0.39, 0.29) is 6.04 Å². The van der Waals surface area contributed by atoms with E-state index in [1.165, 1.54) is 10.9 Å². The number of methoxy groups -OCH3 is 1. The number of rotatable bonds is 5. The SMILES string of the molecule is CCNC(c1nccs1)c1ccc(OC)c2ccccc12. The number of thiazole rings is 1. The fraction of sp³-hybridized carbons (Fsp3) is 0.235. The molecule has 1 N–H and O–H groups in total. The van der Waals surface area contributed by atoms with E-state index in [1.807, 2.05) is 23.7 Å². The molecule has 0 amide bonds. The highest BCUT2D eigenvalue weighted by Crippen LogP contribution is 2.34. The fourth-order valence-corrected chi connectivity index (χ4v) is 3.37.